The molecule has 6 nitrogen and oxygen atoms in total. The molecule has 0 spiro atoms. The summed E-state index contributed by atoms with van der Waals surface area (Å²) in [6.07, 6.45) is 9.23. The van der Waals surface area contributed by atoms with Crippen molar-refractivity contribution in [2.45, 2.75) is 117 Å². The monoisotopic (exact) mass is 531 g/mol. The van der Waals surface area contributed by atoms with Gasteiger partial charge in [0.05, 0.1) is 33.9 Å². The fourth-order valence-electron chi connectivity index (χ4n) is 8.42. The third-order valence-electron chi connectivity index (χ3n) is 11.0. The Labute approximate surface area is 225 Å². The van der Waals surface area contributed by atoms with Gasteiger partial charge in [-0.15, -0.1) is 0 Å². The van der Waals surface area contributed by atoms with Crippen LogP contribution in [0.1, 0.15) is 88.0 Å². The van der Waals surface area contributed by atoms with Crippen LogP contribution >= 0.6 is 0 Å². The van der Waals surface area contributed by atoms with Crippen LogP contribution in [0, 0.1) is 16.2 Å². The van der Waals surface area contributed by atoms with Crippen LogP contribution in [0.3, 0.4) is 0 Å². The van der Waals surface area contributed by atoms with Gasteiger partial charge in [-0.1, -0.05) is 74.5 Å². The fraction of sp³-hybridized carbons (Fsp3) is 0.800. The van der Waals surface area contributed by atoms with E-state index in [1.54, 1.807) is 0 Å². The van der Waals surface area contributed by atoms with Gasteiger partial charge in [-0.05, 0) is 46.5 Å². The summed E-state index contributed by atoms with van der Waals surface area (Å²) in [6.45, 7) is 22.1. The highest BCUT2D eigenvalue weighted by molar-refractivity contribution is 6.90. The lowest BCUT2D eigenvalue weighted by Gasteiger charge is -2.52. The number of hydrogen-bond donors (Lipinski definition) is 0. The van der Waals surface area contributed by atoms with E-state index in [0.717, 1.165) is 12.8 Å². The molecule has 208 valence electrons. The van der Waals surface area contributed by atoms with Crippen LogP contribution in [0.15, 0.2) is 23.5 Å². The first-order chi connectivity index (χ1) is 17.3. The van der Waals surface area contributed by atoms with Gasteiger partial charge in [-0.2, -0.15) is 0 Å². The molecule has 0 N–H and O–H groups in total. The average Bonchev–Trinajstić information content (AvgIpc) is 3.37. The minimum Gasteiger partial charge on any atom is -0.464 e. The second kappa shape index (κ2) is 9.94. The average molecular weight is 532 g/mol. The van der Waals surface area contributed by atoms with E-state index in [2.05, 4.69) is 80.7 Å². The second-order valence-corrected chi connectivity index (χ2v) is 19.4. The molecule has 0 unspecified atom stereocenters. The molecule has 2 saturated heterocycles. The third-order valence-corrected chi connectivity index (χ3v) is 18.0. The molecule has 1 aliphatic carbocycles. The number of rotatable bonds is 8. The summed E-state index contributed by atoms with van der Waals surface area (Å²) < 4.78 is 17.2. The van der Waals surface area contributed by atoms with E-state index >= 15 is 0 Å². The molecule has 3 heterocycles. The van der Waals surface area contributed by atoms with Crippen LogP contribution < -0.4 is 0 Å². The quantitative estimate of drug-likeness (QED) is 0.207. The first-order valence-corrected chi connectivity index (χ1v) is 16.6. The molecule has 1 saturated carbocycles. The van der Waals surface area contributed by atoms with Crippen molar-refractivity contribution in [3.05, 3.63) is 23.5 Å². The zero-order valence-corrected chi connectivity index (χ0v) is 25.6. The molecule has 0 aromatic carbocycles. The van der Waals surface area contributed by atoms with Crippen molar-refractivity contribution in [2.24, 2.45) is 16.2 Å². The lowest BCUT2D eigenvalue weighted by Crippen LogP contribution is -2.62. The molecular formula is C30H49NO5Si. The molecule has 37 heavy (non-hydrogen) atoms. The molecule has 0 radical (unpaired) electrons. The van der Waals surface area contributed by atoms with Crippen molar-refractivity contribution >= 4 is 20.0 Å². The van der Waals surface area contributed by atoms with Crippen LogP contribution in [0.25, 0.3) is 0 Å². The summed E-state index contributed by atoms with van der Waals surface area (Å²) in [5.41, 5.74) is -0.318. The number of allylic oxidation sites excluding steroid dienone is 2. The van der Waals surface area contributed by atoms with E-state index in [-0.39, 0.29) is 29.6 Å². The Bertz CT molecular complexity index is 941. The van der Waals surface area contributed by atoms with Crippen molar-refractivity contribution < 1.29 is 23.8 Å². The zero-order valence-electron chi connectivity index (χ0n) is 24.6. The molecule has 7 heteroatoms. The van der Waals surface area contributed by atoms with Gasteiger partial charge in [0.25, 0.3) is 0 Å². The summed E-state index contributed by atoms with van der Waals surface area (Å²) in [5, 5.41) is 1.31. The highest BCUT2D eigenvalue weighted by Gasteiger charge is 2.72. The molecule has 2 bridgehead atoms. The molecule has 3 aliphatic heterocycles. The van der Waals surface area contributed by atoms with Crippen LogP contribution in [0.5, 0.6) is 0 Å². The number of carbonyl (C=O) groups is 2. The van der Waals surface area contributed by atoms with Crippen LogP contribution in [-0.4, -0.2) is 57.0 Å². The Kier molecular flexibility index (Phi) is 7.68. The Hall–Kier alpha value is -1.44. The highest BCUT2D eigenvalue weighted by atomic mass is 28.3. The highest BCUT2D eigenvalue weighted by Crippen LogP contribution is 2.66. The van der Waals surface area contributed by atoms with E-state index in [4.69, 9.17) is 14.2 Å². The largest absolute Gasteiger partial charge is 0.464 e. The van der Waals surface area contributed by atoms with Crippen molar-refractivity contribution in [1.29, 1.82) is 0 Å². The van der Waals surface area contributed by atoms with E-state index < -0.39 is 18.9 Å². The molecule has 3 atom stereocenters. The van der Waals surface area contributed by atoms with E-state index in [0.29, 0.717) is 49.3 Å². The summed E-state index contributed by atoms with van der Waals surface area (Å²) in [4.78, 5) is 30.3. The van der Waals surface area contributed by atoms with E-state index in [1.807, 2.05) is 4.90 Å². The molecule has 4 aliphatic rings. The van der Waals surface area contributed by atoms with Gasteiger partial charge in [0.2, 0.25) is 5.91 Å². The number of hydrogen-bond acceptors (Lipinski definition) is 5. The van der Waals surface area contributed by atoms with Gasteiger partial charge in [-0.3, -0.25) is 9.59 Å². The van der Waals surface area contributed by atoms with Gasteiger partial charge in [0, 0.05) is 18.0 Å². The minimum absolute atomic E-state index is 0.0924. The molecule has 0 aromatic heterocycles. The maximum absolute atomic E-state index is 14.8. The van der Waals surface area contributed by atoms with Crippen molar-refractivity contribution in [3.8, 4) is 0 Å². The topological polar surface area (TPSA) is 65.1 Å². The summed E-state index contributed by atoms with van der Waals surface area (Å²) in [7, 11) is -2.02. The lowest BCUT2D eigenvalue weighted by atomic mass is 9.57. The van der Waals surface area contributed by atoms with E-state index in [9.17, 15) is 9.59 Å². The standard InChI is InChI=1S/C30H49NO5Si/c1-20(2)37(21(3)4,22(5)6)24-12-10-23(11-13-25-34-16-17-35-25)31(18-24)26(32)30-15-14-29(9,28(30,7)8)19-36-27(30)33/h10,12,18,20-23,25H,11,13-17,19H2,1-9H3/t23-,29-,30-/m1/s1. The first-order valence-electron chi connectivity index (χ1n) is 14.4. The SMILES string of the molecule is CC(C)[Si](C1=CN(C(=O)[C@]23CC[C@](C)(COC2=O)C3(C)C)[C@@H](CCC2OCCO2)C=C1)(C(C)C)C(C)C. The first kappa shape index (κ1) is 28.6. The number of nitrogens with zero attached hydrogens (tertiary/aromatic N) is 1. The molecular weight excluding hydrogens is 482 g/mol. The molecule has 4 rings (SSSR count). The normalized spacial score (nSPS) is 32.0. The van der Waals surface area contributed by atoms with E-state index in [1.165, 1.54) is 5.20 Å². The van der Waals surface area contributed by atoms with Gasteiger partial charge in [0.15, 0.2) is 11.7 Å². The summed E-state index contributed by atoms with van der Waals surface area (Å²) in [6, 6.07) is -0.144. The van der Waals surface area contributed by atoms with Crippen LogP contribution in [0.2, 0.25) is 16.6 Å². The van der Waals surface area contributed by atoms with Crippen molar-refractivity contribution in [1.82, 2.24) is 4.90 Å². The van der Waals surface area contributed by atoms with Crippen molar-refractivity contribution in [3.63, 3.8) is 0 Å². The number of ether oxygens (including phenoxy) is 3. The van der Waals surface area contributed by atoms with Gasteiger partial charge >= 0.3 is 5.97 Å². The smallest absolute Gasteiger partial charge is 0.322 e. The van der Waals surface area contributed by atoms with Gasteiger partial charge in [-0.25, -0.2) is 0 Å². The maximum Gasteiger partial charge on any atom is 0.322 e. The third kappa shape index (κ3) is 4.10. The second-order valence-electron chi connectivity index (χ2n) is 13.5. The predicted molar refractivity (Wildman–Crippen MR) is 148 cm³/mol. The molecule has 0 aromatic rings. The Morgan fingerprint density at radius 3 is 2.16 bits per heavy atom. The minimum atomic E-state index is -2.02. The molecule has 3 fully saturated rings. The number of cyclic esters (lactones) is 1. The van der Waals surface area contributed by atoms with Crippen LogP contribution in [-0.2, 0) is 23.8 Å². The lowest BCUT2D eigenvalue weighted by molar-refractivity contribution is -0.193. The fourth-order valence-corrected chi connectivity index (χ4v) is 15.2. The zero-order chi connectivity index (χ0) is 27.4. The molecule has 1 amide bonds. The summed E-state index contributed by atoms with van der Waals surface area (Å²) in [5.74, 6) is -0.437. The number of esters is 1. The number of fused-ring (bicyclic) bond motifs is 2. The van der Waals surface area contributed by atoms with Crippen LogP contribution in [0.4, 0.5) is 0 Å². The number of amides is 1. The maximum atomic E-state index is 14.8. The van der Waals surface area contributed by atoms with Crippen molar-refractivity contribution in [2.75, 3.05) is 19.8 Å². The van der Waals surface area contributed by atoms with Gasteiger partial charge in [0.1, 0.15) is 0 Å². The Morgan fingerprint density at radius 2 is 1.59 bits per heavy atom. The number of carbonyl (C=O) groups excluding carboxylic acids is 2. The Morgan fingerprint density at radius 1 is 1.00 bits per heavy atom. The summed E-state index contributed by atoms with van der Waals surface area (Å²) >= 11 is 0. The van der Waals surface area contributed by atoms with Gasteiger partial charge < -0.3 is 19.1 Å². The predicted octanol–water partition coefficient (Wildman–Crippen LogP) is 6.38. The Balaban J connectivity index is 1.78.